The monoisotopic (exact) mass is 289 g/mol. The van der Waals surface area contributed by atoms with Crippen LogP contribution in [0.3, 0.4) is 0 Å². The molecule has 0 amide bonds. The standard InChI is InChI=1S/C16H19NO2S/c1-12(17(2)10-13-8-9-20-11-13)16(18)14-4-6-15(19-3)7-5-14/h4-9,11-12H,10H2,1-3H3. The molecule has 1 unspecified atom stereocenters. The summed E-state index contributed by atoms with van der Waals surface area (Å²) >= 11 is 1.68. The Balaban J connectivity index is 2.03. The summed E-state index contributed by atoms with van der Waals surface area (Å²) in [5.74, 6) is 0.895. The van der Waals surface area contributed by atoms with Crippen molar-refractivity contribution in [1.82, 2.24) is 4.90 Å². The molecular formula is C16H19NO2S. The van der Waals surface area contributed by atoms with E-state index in [2.05, 4.69) is 21.7 Å². The molecule has 2 rings (SSSR count). The molecule has 4 heteroatoms. The van der Waals surface area contributed by atoms with Crippen molar-refractivity contribution in [2.24, 2.45) is 0 Å². The molecule has 0 spiro atoms. The fourth-order valence-corrected chi connectivity index (χ4v) is 2.66. The van der Waals surface area contributed by atoms with Gasteiger partial charge in [-0.3, -0.25) is 9.69 Å². The van der Waals surface area contributed by atoms with Gasteiger partial charge in [0.2, 0.25) is 0 Å². The number of Topliss-reactive ketones (excluding diaryl/α,β-unsaturated/α-hetero) is 1. The van der Waals surface area contributed by atoms with Gasteiger partial charge in [-0.1, -0.05) is 0 Å². The van der Waals surface area contributed by atoms with Gasteiger partial charge in [0.15, 0.2) is 5.78 Å². The molecule has 1 atom stereocenters. The number of hydrogen-bond donors (Lipinski definition) is 0. The summed E-state index contributed by atoms with van der Waals surface area (Å²) in [5, 5.41) is 4.17. The van der Waals surface area contributed by atoms with E-state index in [0.29, 0.717) is 0 Å². The van der Waals surface area contributed by atoms with E-state index in [1.54, 1.807) is 18.4 Å². The van der Waals surface area contributed by atoms with Gasteiger partial charge in [0.05, 0.1) is 13.2 Å². The Bertz CT molecular complexity index is 548. The molecule has 106 valence electrons. The predicted molar refractivity (Wildman–Crippen MR) is 82.6 cm³/mol. The van der Waals surface area contributed by atoms with Crippen LogP contribution in [0.4, 0.5) is 0 Å². The fourth-order valence-electron chi connectivity index (χ4n) is 2.00. The first kappa shape index (κ1) is 14.8. The van der Waals surface area contributed by atoms with Gasteiger partial charge < -0.3 is 4.74 Å². The minimum Gasteiger partial charge on any atom is -0.497 e. The predicted octanol–water partition coefficient (Wildman–Crippen LogP) is 3.46. The van der Waals surface area contributed by atoms with Gasteiger partial charge in [-0.05, 0) is 60.6 Å². The summed E-state index contributed by atoms with van der Waals surface area (Å²) in [6.45, 7) is 2.73. The Labute approximate surface area is 123 Å². The van der Waals surface area contributed by atoms with E-state index in [4.69, 9.17) is 4.74 Å². The van der Waals surface area contributed by atoms with Crippen molar-refractivity contribution in [2.45, 2.75) is 19.5 Å². The maximum Gasteiger partial charge on any atom is 0.179 e. The second kappa shape index (κ2) is 6.68. The zero-order valence-electron chi connectivity index (χ0n) is 12.0. The highest BCUT2D eigenvalue weighted by Crippen LogP contribution is 2.16. The molecule has 2 aromatic rings. The van der Waals surface area contributed by atoms with Crippen LogP contribution in [0.1, 0.15) is 22.8 Å². The summed E-state index contributed by atoms with van der Waals surface area (Å²) in [6.07, 6.45) is 0. The summed E-state index contributed by atoms with van der Waals surface area (Å²) in [5.41, 5.74) is 1.96. The van der Waals surface area contributed by atoms with Crippen molar-refractivity contribution in [3.8, 4) is 5.75 Å². The molecule has 0 aliphatic carbocycles. The molecule has 0 aliphatic rings. The van der Waals surface area contributed by atoms with Gasteiger partial charge in [-0.2, -0.15) is 11.3 Å². The molecule has 0 saturated carbocycles. The second-order valence-corrected chi connectivity index (χ2v) is 5.60. The largest absolute Gasteiger partial charge is 0.497 e. The molecule has 0 radical (unpaired) electrons. The number of nitrogens with zero attached hydrogens (tertiary/aromatic N) is 1. The van der Waals surface area contributed by atoms with Crippen molar-refractivity contribution in [3.05, 3.63) is 52.2 Å². The van der Waals surface area contributed by atoms with Crippen LogP contribution in [0.25, 0.3) is 0 Å². The summed E-state index contributed by atoms with van der Waals surface area (Å²) in [7, 11) is 3.60. The van der Waals surface area contributed by atoms with Gasteiger partial charge in [-0.15, -0.1) is 0 Å². The lowest BCUT2D eigenvalue weighted by atomic mass is 10.0. The van der Waals surface area contributed by atoms with Crippen LogP contribution in [0.5, 0.6) is 5.75 Å². The number of methoxy groups -OCH3 is 1. The van der Waals surface area contributed by atoms with Gasteiger partial charge >= 0.3 is 0 Å². The third kappa shape index (κ3) is 3.46. The highest BCUT2D eigenvalue weighted by Gasteiger charge is 2.19. The van der Waals surface area contributed by atoms with Crippen LogP contribution >= 0.6 is 11.3 Å². The van der Waals surface area contributed by atoms with Gasteiger partial charge in [0.1, 0.15) is 5.75 Å². The summed E-state index contributed by atoms with van der Waals surface area (Å²) in [6, 6.07) is 9.21. The van der Waals surface area contributed by atoms with Crippen LogP contribution < -0.4 is 4.74 Å². The van der Waals surface area contributed by atoms with Crippen LogP contribution in [-0.4, -0.2) is 30.9 Å². The highest BCUT2D eigenvalue weighted by molar-refractivity contribution is 7.07. The van der Waals surface area contributed by atoms with E-state index in [-0.39, 0.29) is 11.8 Å². The second-order valence-electron chi connectivity index (χ2n) is 4.82. The number of likely N-dealkylation sites (N-methyl/N-ethyl adjacent to an activating group) is 1. The number of thiophene rings is 1. The average Bonchev–Trinajstić information content (AvgIpc) is 2.98. The van der Waals surface area contributed by atoms with E-state index in [1.807, 2.05) is 38.2 Å². The number of carbonyl (C=O) groups excluding carboxylic acids is 1. The van der Waals surface area contributed by atoms with Crippen LogP contribution in [0, 0.1) is 0 Å². The number of carbonyl (C=O) groups is 1. The molecule has 20 heavy (non-hydrogen) atoms. The molecule has 3 nitrogen and oxygen atoms in total. The topological polar surface area (TPSA) is 29.5 Å². The Hall–Kier alpha value is -1.65. The zero-order valence-corrected chi connectivity index (χ0v) is 12.8. The van der Waals surface area contributed by atoms with E-state index in [1.165, 1.54) is 5.56 Å². The first-order valence-corrected chi connectivity index (χ1v) is 7.45. The summed E-state index contributed by atoms with van der Waals surface area (Å²) < 4.78 is 5.11. The molecule has 0 bridgehead atoms. The molecule has 0 fully saturated rings. The molecule has 0 N–H and O–H groups in total. The number of benzene rings is 1. The van der Waals surface area contributed by atoms with Crippen molar-refractivity contribution >= 4 is 17.1 Å². The molecule has 1 aromatic heterocycles. The lowest BCUT2D eigenvalue weighted by Gasteiger charge is -2.23. The first-order chi connectivity index (χ1) is 9.61. The maximum atomic E-state index is 12.4. The van der Waals surface area contributed by atoms with Crippen molar-refractivity contribution in [1.29, 1.82) is 0 Å². The number of ether oxygens (including phenoxy) is 1. The quantitative estimate of drug-likeness (QED) is 0.763. The van der Waals surface area contributed by atoms with Crippen molar-refractivity contribution in [3.63, 3.8) is 0 Å². The number of ketones is 1. The number of rotatable bonds is 6. The van der Waals surface area contributed by atoms with Gasteiger partial charge in [-0.25, -0.2) is 0 Å². The maximum absolute atomic E-state index is 12.4. The third-order valence-electron chi connectivity index (χ3n) is 3.43. The first-order valence-electron chi connectivity index (χ1n) is 6.51. The molecular weight excluding hydrogens is 270 g/mol. The third-order valence-corrected chi connectivity index (χ3v) is 4.16. The van der Waals surface area contributed by atoms with E-state index in [9.17, 15) is 4.79 Å². The van der Waals surface area contributed by atoms with Crippen molar-refractivity contribution < 1.29 is 9.53 Å². The highest BCUT2D eigenvalue weighted by atomic mass is 32.1. The van der Waals surface area contributed by atoms with Crippen LogP contribution in [-0.2, 0) is 6.54 Å². The molecule has 1 heterocycles. The SMILES string of the molecule is COc1ccc(C(=O)C(C)N(C)Cc2ccsc2)cc1. The Morgan fingerprint density at radius 1 is 1.30 bits per heavy atom. The smallest absolute Gasteiger partial charge is 0.179 e. The van der Waals surface area contributed by atoms with Gasteiger partial charge in [0, 0.05) is 12.1 Å². The van der Waals surface area contributed by atoms with Gasteiger partial charge in [0.25, 0.3) is 0 Å². The Morgan fingerprint density at radius 2 is 2.00 bits per heavy atom. The van der Waals surface area contributed by atoms with E-state index < -0.39 is 0 Å². The van der Waals surface area contributed by atoms with E-state index in [0.717, 1.165) is 17.9 Å². The van der Waals surface area contributed by atoms with E-state index >= 15 is 0 Å². The number of hydrogen-bond acceptors (Lipinski definition) is 4. The normalized spacial score (nSPS) is 12.4. The minimum atomic E-state index is -0.150. The zero-order chi connectivity index (χ0) is 14.5. The molecule has 0 aliphatic heterocycles. The van der Waals surface area contributed by atoms with Crippen molar-refractivity contribution in [2.75, 3.05) is 14.2 Å². The van der Waals surface area contributed by atoms with Crippen LogP contribution in [0.2, 0.25) is 0 Å². The molecule has 0 saturated heterocycles. The Morgan fingerprint density at radius 3 is 2.55 bits per heavy atom. The average molecular weight is 289 g/mol. The Kier molecular flexibility index (Phi) is 4.93. The summed E-state index contributed by atoms with van der Waals surface area (Å²) in [4.78, 5) is 14.5. The van der Waals surface area contributed by atoms with Crippen LogP contribution in [0.15, 0.2) is 41.1 Å². The fraction of sp³-hybridized carbons (Fsp3) is 0.312. The lowest BCUT2D eigenvalue weighted by molar-refractivity contribution is 0.0862. The lowest BCUT2D eigenvalue weighted by Crippen LogP contribution is -2.35. The molecule has 1 aromatic carbocycles. The minimum absolute atomic E-state index is 0.130.